The molecule has 0 aromatic carbocycles. The van der Waals surface area contributed by atoms with Crippen LogP contribution in [0.25, 0.3) is 33.5 Å². The number of hydrogen-bond donors (Lipinski definition) is 2. The summed E-state index contributed by atoms with van der Waals surface area (Å²) < 4.78 is 0. The summed E-state index contributed by atoms with van der Waals surface area (Å²) in [5, 5.41) is 12.0. The average Bonchev–Trinajstić information content (AvgIpc) is 3.23. The van der Waals surface area contributed by atoms with Gasteiger partial charge in [-0.1, -0.05) is 6.07 Å². The van der Waals surface area contributed by atoms with E-state index in [0.29, 0.717) is 6.04 Å². The Hall–Kier alpha value is -3.32. The first kappa shape index (κ1) is 17.8. The minimum absolute atomic E-state index is 0.600. The SMILES string of the molecule is CNC1CCN(c2cccc(-c3n[nH]c4cnc(-c5cccnc5)cc34)n2)CC1. The quantitative estimate of drug-likeness (QED) is 0.561. The molecule has 1 fully saturated rings. The lowest BCUT2D eigenvalue weighted by atomic mass is 10.1. The fourth-order valence-corrected chi connectivity index (χ4v) is 3.91. The van der Waals surface area contributed by atoms with Crippen molar-refractivity contribution >= 4 is 16.7 Å². The van der Waals surface area contributed by atoms with E-state index >= 15 is 0 Å². The van der Waals surface area contributed by atoms with E-state index in [4.69, 9.17) is 4.98 Å². The predicted octanol–water partition coefficient (Wildman–Crippen LogP) is 3.27. The average molecular weight is 385 g/mol. The van der Waals surface area contributed by atoms with Crippen molar-refractivity contribution < 1.29 is 0 Å². The van der Waals surface area contributed by atoms with Crippen LogP contribution in [0.3, 0.4) is 0 Å². The minimum atomic E-state index is 0.600. The van der Waals surface area contributed by atoms with Crippen LogP contribution in [0.15, 0.2) is 55.0 Å². The zero-order valence-electron chi connectivity index (χ0n) is 16.3. The summed E-state index contributed by atoms with van der Waals surface area (Å²) in [5.74, 6) is 1.01. The molecule has 0 amide bonds. The van der Waals surface area contributed by atoms with Gasteiger partial charge in [-0.15, -0.1) is 0 Å². The molecule has 0 bridgehead atoms. The van der Waals surface area contributed by atoms with E-state index in [-0.39, 0.29) is 0 Å². The third-order valence-corrected chi connectivity index (χ3v) is 5.61. The van der Waals surface area contributed by atoms with Gasteiger partial charge in [0.1, 0.15) is 11.5 Å². The van der Waals surface area contributed by atoms with Crippen molar-refractivity contribution in [2.24, 2.45) is 0 Å². The van der Waals surface area contributed by atoms with E-state index in [2.05, 4.69) is 48.6 Å². The van der Waals surface area contributed by atoms with Crippen LogP contribution in [0.4, 0.5) is 5.82 Å². The highest BCUT2D eigenvalue weighted by Crippen LogP contribution is 2.29. The Bertz CT molecular complexity index is 1110. The van der Waals surface area contributed by atoms with Crippen molar-refractivity contribution in [3.8, 4) is 22.6 Å². The molecule has 0 radical (unpaired) electrons. The van der Waals surface area contributed by atoms with Crippen molar-refractivity contribution in [2.75, 3.05) is 25.0 Å². The van der Waals surface area contributed by atoms with Crippen molar-refractivity contribution in [1.29, 1.82) is 0 Å². The Morgan fingerprint density at radius 1 is 1.07 bits per heavy atom. The first-order valence-corrected chi connectivity index (χ1v) is 9.96. The fourth-order valence-electron chi connectivity index (χ4n) is 3.91. The van der Waals surface area contributed by atoms with Gasteiger partial charge in [-0.3, -0.25) is 15.1 Å². The lowest BCUT2D eigenvalue weighted by molar-refractivity contribution is 0.441. The summed E-state index contributed by atoms with van der Waals surface area (Å²) in [6.07, 6.45) is 7.67. The van der Waals surface area contributed by atoms with E-state index in [0.717, 1.165) is 65.3 Å². The number of anilines is 1. The summed E-state index contributed by atoms with van der Waals surface area (Å²) in [4.78, 5) is 16.0. The molecule has 7 heteroatoms. The van der Waals surface area contributed by atoms with E-state index < -0.39 is 0 Å². The van der Waals surface area contributed by atoms with Crippen LogP contribution >= 0.6 is 0 Å². The number of aromatic amines is 1. The number of pyridine rings is 3. The smallest absolute Gasteiger partial charge is 0.129 e. The molecule has 29 heavy (non-hydrogen) atoms. The second-order valence-corrected chi connectivity index (χ2v) is 7.36. The Morgan fingerprint density at radius 2 is 1.97 bits per heavy atom. The molecule has 0 atom stereocenters. The molecule has 7 nitrogen and oxygen atoms in total. The van der Waals surface area contributed by atoms with Gasteiger partial charge in [-0.25, -0.2) is 4.98 Å². The van der Waals surface area contributed by atoms with Crippen LogP contribution in [0, 0.1) is 0 Å². The molecule has 2 N–H and O–H groups in total. The summed E-state index contributed by atoms with van der Waals surface area (Å²) >= 11 is 0. The number of hydrogen-bond acceptors (Lipinski definition) is 6. The number of fused-ring (bicyclic) bond motifs is 1. The highest BCUT2D eigenvalue weighted by molar-refractivity contribution is 5.93. The zero-order valence-corrected chi connectivity index (χ0v) is 16.3. The maximum atomic E-state index is 4.93. The topological polar surface area (TPSA) is 82.6 Å². The standard InChI is InChI=1S/C22H23N7/c1-23-16-7-10-29(11-8-16)21-6-2-5-18(26-21)22-17-12-19(15-4-3-9-24-13-15)25-14-20(17)27-28-22/h2-6,9,12-14,16,23H,7-8,10-11H2,1H3,(H,27,28). The van der Waals surface area contributed by atoms with Crippen molar-refractivity contribution in [3.63, 3.8) is 0 Å². The van der Waals surface area contributed by atoms with Crippen LogP contribution in [-0.2, 0) is 0 Å². The van der Waals surface area contributed by atoms with E-state index in [9.17, 15) is 0 Å². The van der Waals surface area contributed by atoms with Crippen molar-refractivity contribution in [2.45, 2.75) is 18.9 Å². The molecule has 146 valence electrons. The third kappa shape index (κ3) is 3.45. The zero-order chi connectivity index (χ0) is 19.6. The first-order valence-electron chi connectivity index (χ1n) is 9.96. The Kier molecular flexibility index (Phi) is 4.65. The Morgan fingerprint density at radius 3 is 2.76 bits per heavy atom. The number of H-pyrrole nitrogens is 1. The van der Waals surface area contributed by atoms with Crippen LogP contribution in [-0.4, -0.2) is 51.3 Å². The van der Waals surface area contributed by atoms with Crippen LogP contribution in [0.5, 0.6) is 0 Å². The van der Waals surface area contributed by atoms with Crippen molar-refractivity contribution in [1.82, 2.24) is 30.5 Å². The van der Waals surface area contributed by atoms with Gasteiger partial charge in [-0.05, 0) is 50.2 Å². The molecule has 5 rings (SSSR count). The number of nitrogens with one attached hydrogen (secondary N) is 2. The first-order chi connectivity index (χ1) is 14.3. The molecule has 5 heterocycles. The fraction of sp³-hybridized carbons (Fsp3) is 0.273. The van der Waals surface area contributed by atoms with Gasteiger partial charge in [0.25, 0.3) is 0 Å². The lowest BCUT2D eigenvalue weighted by Crippen LogP contribution is -2.41. The monoisotopic (exact) mass is 385 g/mol. The van der Waals surface area contributed by atoms with Gasteiger partial charge in [0.2, 0.25) is 0 Å². The highest BCUT2D eigenvalue weighted by atomic mass is 15.2. The Balaban J connectivity index is 1.49. The van der Waals surface area contributed by atoms with Crippen LogP contribution in [0.2, 0.25) is 0 Å². The molecule has 1 saturated heterocycles. The van der Waals surface area contributed by atoms with E-state index in [1.54, 1.807) is 6.20 Å². The molecular formula is C22H23N7. The molecule has 4 aromatic rings. The largest absolute Gasteiger partial charge is 0.356 e. The van der Waals surface area contributed by atoms with Gasteiger partial charge in [0.05, 0.1) is 23.1 Å². The van der Waals surface area contributed by atoms with Crippen LogP contribution in [0.1, 0.15) is 12.8 Å². The predicted molar refractivity (Wildman–Crippen MR) is 115 cm³/mol. The van der Waals surface area contributed by atoms with Crippen molar-refractivity contribution in [3.05, 3.63) is 55.0 Å². The molecule has 1 aliphatic heterocycles. The number of rotatable bonds is 4. The van der Waals surface area contributed by atoms with E-state index in [1.807, 2.05) is 37.6 Å². The van der Waals surface area contributed by atoms with Gasteiger partial charge in [0, 0.05) is 42.5 Å². The normalized spacial score (nSPS) is 15.1. The molecule has 4 aromatic heterocycles. The second-order valence-electron chi connectivity index (χ2n) is 7.36. The summed E-state index contributed by atoms with van der Waals surface area (Å²) in [7, 11) is 2.04. The molecule has 1 aliphatic rings. The molecule has 0 unspecified atom stereocenters. The Labute approximate surface area is 169 Å². The maximum absolute atomic E-state index is 4.93. The number of piperidine rings is 1. The van der Waals surface area contributed by atoms with Gasteiger partial charge >= 0.3 is 0 Å². The molecule has 0 saturated carbocycles. The second kappa shape index (κ2) is 7.60. The van der Waals surface area contributed by atoms with Crippen LogP contribution < -0.4 is 10.2 Å². The molecule has 0 spiro atoms. The summed E-state index contributed by atoms with van der Waals surface area (Å²) in [6.45, 7) is 2.02. The molecular weight excluding hydrogens is 362 g/mol. The maximum Gasteiger partial charge on any atom is 0.129 e. The minimum Gasteiger partial charge on any atom is -0.356 e. The number of nitrogens with zero attached hydrogens (tertiary/aromatic N) is 5. The third-order valence-electron chi connectivity index (χ3n) is 5.61. The van der Waals surface area contributed by atoms with Gasteiger partial charge in [0.15, 0.2) is 0 Å². The lowest BCUT2D eigenvalue weighted by Gasteiger charge is -2.32. The summed E-state index contributed by atoms with van der Waals surface area (Å²) in [6, 6.07) is 12.7. The van der Waals surface area contributed by atoms with E-state index in [1.165, 1.54) is 0 Å². The highest BCUT2D eigenvalue weighted by Gasteiger charge is 2.20. The summed E-state index contributed by atoms with van der Waals surface area (Å²) in [5.41, 5.74) is 4.47. The number of aromatic nitrogens is 5. The van der Waals surface area contributed by atoms with Gasteiger partial charge in [-0.2, -0.15) is 5.10 Å². The van der Waals surface area contributed by atoms with Gasteiger partial charge < -0.3 is 10.2 Å². The molecule has 0 aliphatic carbocycles.